The fraction of sp³-hybridized carbons (Fsp3) is 0.471. The molecule has 0 aliphatic heterocycles. The molecule has 0 saturated carbocycles. The molecule has 5 heteroatoms. The molecule has 0 aliphatic carbocycles. The second-order valence-electron chi connectivity index (χ2n) is 6.81. The average molecular weight is 300 g/mol. The van der Waals surface area contributed by atoms with Crippen molar-refractivity contribution in [1.29, 1.82) is 0 Å². The standard InChI is InChI=1S/C17H24N4O/c1-10-8-11(2)18-12(3)14(10)19-16(22)13-9-21(7)20-15(13)17(4,5)6/h8-9H,1-7H3,(H,19,22). The third-order valence-electron chi connectivity index (χ3n) is 3.55. The quantitative estimate of drug-likeness (QED) is 0.925. The predicted molar refractivity (Wildman–Crippen MR) is 88.3 cm³/mol. The largest absolute Gasteiger partial charge is 0.320 e. The number of rotatable bonds is 2. The van der Waals surface area contributed by atoms with Gasteiger partial charge in [-0.15, -0.1) is 0 Å². The van der Waals surface area contributed by atoms with E-state index in [1.54, 1.807) is 10.9 Å². The van der Waals surface area contributed by atoms with Gasteiger partial charge in [-0.2, -0.15) is 5.10 Å². The van der Waals surface area contributed by atoms with Crippen LogP contribution in [0, 0.1) is 20.8 Å². The van der Waals surface area contributed by atoms with Crippen molar-refractivity contribution in [1.82, 2.24) is 14.8 Å². The molecule has 1 amide bonds. The lowest BCUT2D eigenvalue weighted by Crippen LogP contribution is -2.21. The molecule has 118 valence electrons. The van der Waals surface area contributed by atoms with Crippen LogP contribution in [0.5, 0.6) is 0 Å². The van der Waals surface area contributed by atoms with Crippen molar-refractivity contribution < 1.29 is 4.79 Å². The van der Waals surface area contributed by atoms with Crippen LogP contribution in [0.15, 0.2) is 12.3 Å². The van der Waals surface area contributed by atoms with Gasteiger partial charge in [-0.1, -0.05) is 20.8 Å². The van der Waals surface area contributed by atoms with E-state index in [9.17, 15) is 4.79 Å². The van der Waals surface area contributed by atoms with Crippen LogP contribution in [0.3, 0.4) is 0 Å². The maximum atomic E-state index is 12.7. The van der Waals surface area contributed by atoms with Gasteiger partial charge in [-0.05, 0) is 32.4 Å². The van der Waals surface area contributed by atoms with Crippen molar-refractivity contribution in [2.45, 2.75) is 47.0 Å². The minimum atomic E-state index is -0.191. The van der Waals surface area contributed by atoms with Crippen molar-refractivity contribution in [3.63, 3.8) is 0 Å². The normalized spacial score (nSPS) is 11.6. The molecular weight excluding hydrogens is 276 g/mol. The molecule has 2 heterocycles. The van der Waals surface area contributed by atoms with Gasteiger partial charge >= 0.3 is 0 Å². The van der Waals surface area contributed by atoms with E-state index in [0.29, 0.717) is 5.56 Å². The third-order valence-corrected chi connectivity index (χ3v) is 3.55. The summed E-state index contributed by atoms with van der Waals surface area (Å²) >= 11 is 0. The van der Waals surface area contributed by atoms with Gasteiger partial charge in [-0.25, -0.2) is 0 Å². The summed E-state index contributed by atoms with van der Waals surface area (Å²) in [6.07, 6.45) is 1.77. The number of amides is 1. The van der Waals surface area contributed by atoms with Gasteiger partial charge in [0.25, 0.3) is 5.91 Å². The topological polar surface area (TPSA) is 59.8 Å². The van der Waals surface area contributed by atoms with Crippen LogP contribution >= 0.6 is 0 Å². The Morgan fingerprint density at radius 3 is 2.41 bits per heavy atom. The first-order valence-corrected chi connectivity index (χ1v) is 7.40. The molecule has 1 N–H and O–H groups in total. The molecule has 0 unspecified atom stereocenters. The summed E-state index contributed by atoms with van der Waals surface area (Å²) in [5.74, 6) is -0.144. The number of hydrogen-bond acceptors (Lipinski definition) is 3. The van der Waals surface area contributed by atoms with Crippen LogP contribution in [-0.2, 0) is 12.5 Å². The Morgan fingerprint density at radius 2 is 1.86 bits per heavy atom. The number of carbonyl (C=O) groups is 1. The molecule has 2 aromatic rings. The second-order valence-corrected chi connectivity index (χ2v) is 6.81. The van der Waals surface area contributed by atoms with E-state index < -0.39 is 0 Å². The van der Waals surface area contributed by atoms with Crippen molar-refractivity contribution in [3.05, 3.63) is 40.5 Å². The Kier molecular flexibility index (Phi) is 4.09. The first-order valence-electron chi connectivity index (χ1n) is 7.40. The molecule has 5 nitrogen and oxygen atoms in total. The highest BCUT2D eigenvalue weighted by molar-refractivity contribution is 6.05. The Labute approximate surface area is 131 Å². The van der Waals surface area contributed by atoms with Crippen molar-refractivity contribution in [2.75, 3.05) is 5.32 Å². The van der Waals surface area contributed by atoms with Crippen LogP contribution in [0.25, 0.3) is 0 Å². The highest BCUT2D eigenvalue weighted by Crippen LogP contribution is 2.26. The molecule has 0 spiro atoms. The first-order chi connectivity index (χ1) is 10.1. The molecule has 0 saturated heterocycles. The number of aromatic nitrogens is 3. The zero-order valence-electron chi connectivity index (χ0n) is 14.4. The van der Waals surface area contributed by atoms with Crippen LogP contribution in [0.2, 0.25) is 0 Å². The van der Waals surface area contributed by atoms with E-state index in [4.69, 9.17) is 0 Å². The van der Waals surface area contributed by atoms with Crippen molar-refractivity contribution in [3.8, 4) is 0 Å². The zero-order valence-corrected chi connectivity index (χ0v) is 14.4. The van der Waals surface area contributed by atoms with Gasteiger partial charge in [-0.3, -0.25) is 14.5 Å². The molecule has 0 radical (unpaired) electrons. The van der Waals surface area contributed by atoms with E-state index >= 15 is 0 Å². The SMILES string of the molecule is Cc1cc(C)c(NC(=O)c2cn(C)nc2C(C)(C)C)c(C)n1. The minimum Gasteiger partial charge on any atom is -0.320 e. The Balaban J connectivity index is 2.39. The number of pyridine rings is 1. The number of nitrogens with one attached hydrogen (secondary N) is 1. The van der Waals surface area contributed by atoms with E-state index in [-0.39, 0.29) is 11.3 Å². The molecular formula is C17H24N4O. The number of nitrogens with zero attached hydrogens (tertiary/aromatic N) is 3. The number of anilines is 1. The summed E-state index contributed by atoms with van der Waals surface area (Å²) < 4.78 is 1.68. The van der Waals surface area contributed by atoms with Crippen LogP contribution in [0.4, 0.5) is 5.69 Å². The second kappa shape index (κ2) is 5.55. The molecule has 0 bridgehead atoms. The molecule has 2 rings (SSSR count). The van der Waals surface area contributed by atoms with Gasteiger partial charge < -0.3 is 5.32 Å². The maximum absolute atomic E-state index is 12.7. The Morgan fingerprint density at radius 1 is 1.23 bits per heavy atom. The fourth-order valence-electron chi connectivity index (χ4n) is 2.60. The van der Waals surface area contributed by atoms with E-state index in [1.807, 2.05) is 33.9 Å². The summed E-state index contributed by atoms with van der Waals surface area (Å²) in [4.78, 5) is 17.1. The lowest BCUT2D eigenvalue weighted by atomic mass is 9.89. The predicted octanol–water partition coefficient (Wildman–Crippen LogP) is 3.29. The van der Waals surface area contributed by atoms with Gasteiger partial charge in [0.05, 0.1) is 22.6 Å². The molecule has 2 aromatic heterocycles. The monoisotopic (exact) mass is 300 g/mol. The van der Waals surface area contributed by atoms with Crippen molar-refractivity contribution >= 4 is 11.6 Å². The first kappa shape index (κ1) is 16.2. The highest BCUT2D eigenvalue weighted by atomic mass is 16.1. The Bertz CT molecular complexity index is 700. The Hall–Kier alpha value is -2.17. The van der Waals surface area contributed by atoms with Gasteiger partial charge in [0, 0.05) is 24.4 Å². The lowest BCUT2D eigenvalue weighted by molar-refractivity contribution is 0.102. The minimum absolute atomic E-state index is 0.144. The van der Waals surface area contributed by atoms with Crippen LogP contribution in [0.1, 0.15) is 53.8 Å². The summed E-state index contributed by atoms with van der Waals surface area (Å²) in [5.41, 5.74) is 4.77. The lowest BCUT2D eigenvalue weighted by Gasteiger charge is -2.18. The van der Waals surface area contributed by atoms with Crippen LogP contribution < -0.4 is 5.32 Å². The van der Waals surface area contributed by atoms with Crippen LogP contribution in [-0.4, -0.2) is 20.7 Å². The average Bonchev–Trinajstić information content (AvgIpc) is 2.75. The van der Waals surface area contributed by atoms with E-state index in [0.717, 1.165) is 28.3 Å². The maximum Gasteiger partial charge on any atom is 0.259 e. The van der Waals surface area contributed by atoms with Gasteiger partial charge in [0.1, 0.15) is 0 Å². The van der Waals surface area contributed by atoms with E-state index in [1.165, 1.54) is 0 Å². The molecule has 0 atom stereocenters. The third kappa shape index (κ3) is 3.18. The number of carbonyl (C=O) groups excluding carboxylic acids is 1. The molecule has 0 aliphatic rings. The van der Waals surface area contributed by atoms with Gasteiger partial charge in [0.15, 0.2) is 0 Å². The van der Waals surface area contributed by atoms with Crippen molar-refractivity contribution in [2.24, 2.45) is 7.05 Å². The summed E-state index contributed by atoms with van der Waals surface area (Å²) in [7, 11) is 1.83. The highest BCUT2D eigenvalue weighted by Gasteiger charge is 2.26. The summed E-state index contributed by atoms with van der Waals surface area (Å²) in [5, 5.41) is 7.44. The number of hydrogen-bond donors (Lipinski definition) is 1. The van der Waals surface area contributed by atoms with E-state index in [2.05, 4.69) is 36.2 Å². The summed E-state index contributed by atoms with van der Waals surface area (Å²) in [6, 6.07) is 1.97. The van der Waals surface area contributed by atoms with Gasteiger partial charge in [0.2, 0.25) is 0 Å². The fourth-order valence-corrected chi connectivity index (χ4v) is 2.60. The number of aryl methyl sites for hydroxylation is 4. The molecule has 0 fully saturated rings. The molecule has 0 aromatic carbocycles. The smallest absolute Gasteiger partial charge is 0.259 e. The molecule has 22 heavy (non-hydrogen) atoms. The zero-order chi connectivity index (χ0) is 16.7. The summed E-state index contributed by atoms with van der Waals surface area (Å²) in [6.45, 7) is 12.0.